The van der Waals surface area contributed by atoms with Crippen LogP contribution >= 0.6 is 0 Å². The van der Waals surface area contributed by atoms with Crippen LogP contribution in [0.15, 0.2) is 0 Å². The molecule has 0 aromatic carbocycles. The Bertz CT molecular complexity index is 1680. The molecular formula is C51H92O29. The lowest BCUT2D eigenvalue weighted by Gasteiger charge is -2.49. The van der Waals surface area contributed by atoms with E-state index < -0.39 is 242 Å². The third-order valence-corrected chi connectivity index (χ3v) is 16.2. The van der Waals surface area contributed by atoms with E-state index in [1.807, 2.05) is 0 Å². The highest BCUT2D eigenvalue weighted by Crippen LogP contribution is 2.39. The topological polar surface area (TPSA) is 455 Å². The second-order valence-corrected chi connectivity index (χ2v) is 23.3. The number of hydrogen-bond donors (Lipinski definition) is 17. The number of aliphatic hydroxyl groups excluding tert-OH is 17. The fraction of sp³-hybridized carbons (Fsp3) is 1.00. The average molecular weight is 1170 g/mol. The Morgan fingerprint density at radius 1 is 0.312 bits per heavy atom. The molecule has 17 N–H and O–H groups in total. The van der Waals surface area contributed by atoms with E-state index in [4.69, 9.17) is 56.8 Å². The second-order valence-electron chi connectivity index (χ2n) is 23.3. The minimum absolute atomic E-state index is 0.283. The van der Waals surface area contributed by atoms with Gasteiger partial charge in [0.15, 0.2) is 25.2 Å². The van der Waals surface area contributed by atoms with Gasteiger partial charge in [0.25, 0.3) is 0 Å². The van der Waals surface area contributed by atoms with Crippen molar-refractivity contribution in [1.82, 2.24) is 0 Å². The molecule has 12 unspecified atom stereocenters. The van der Waals surface area contributed by atoms with Crippen LogP contribution in [0.1, 0.15) is 55.4 Å². The number of rotatable bonds is 24. The highest BCUT2D eigenvalue weighted by molar-refractivity contribution is 5.01. The summed E-state index contributed by atoms with van der Waals surface area (Å²) >= 11 is 0. The number of ether oxygens (including phenoxy) is 12. The quantitative estimate of drug-likeness (QED) is 0.0427. The Kier molecular flexibility index (Phi) is 25.5. The normalized spacial score (nSPS) is 47.4. The van der Waals surface area contributed by atoms with Gasteiger partial charge in [-0.3, -0.25) is 0 Å². The van der Waals surface area contributed by atoms with Crippen LogP contribution in [0.2, 0.25) is 0 Å². The van der Waals surface area contributed by atoms with E-state index in [1.165, 1.54) is 0 Å². The molecule has 470 valence electrons. The monoisotopic (exact) mass is 1170 g/mol. The summed E-state index contributed by atoms with van der Waals surface area (Å²) < 4.78 is 71.1. The van der Waals surface area contributed by atoms with Crippen LogP contribution in [-0.4, -0.2) is 317 Å². The Labute approximate surface area is 464 Å². The first-order chi connectivity index (χ1) is 37.7. The molecule has 0 aromatic rings. The first kappa shape index (κ1) is 68.0. The molecule has 29 nitrogen and oxygen atoms in total. The smallest absolute Gasteiger partial charge is 0.187 e. The molecule has 0 radical (unpaired) electrons. The zero-order chi connectivity index (χ0) is 59.3. The Morgan fingerprint density at radius 2 is 0.575 bits per heavy atom. The van der Waals surface area contributed by atoms with Crippen molar-refractivity contribution < 1.29 is 144 Å². The van der Waals surface area contributed by atoms with Crippen molar-refractivity contribution in [2.45, 2.75) is 233 Å². The van der Waals surface area contributed by atoms with Gasteiger partial charge in [-0.25, -0.2) is 0 Å². The van der Waals surface area contributed by atoms with Crippen molar-refractivity contribution in [2.24, 2.45) is 35.5 Å². The molecule has 31 atom stereocenters. The fourth-order valence-corrected chi connectivity index (χ4v) is 11.7. The Hall–Kier alpha value is -1.16. The van der Waals surface area contributed by atoms with Gasteiger partial charge in [0.1, 0.15) is 116 Å². The predicted octanol–water partition coefficient (Wildman–Crippen LogP) is -7.49. The first-order valence-electron chi connectivity index (χ1n) is 27.7. The zero-order valence-electron chi connectivity index (χ0n) is 46.4. The van der Waals surface area contributed by atoms with E-state index in [2.05, 4.69) is 0 Å². The molecule has 0 bridgehead atoms. The molecule has 0 saturated carbocycles. The average Bonchev–Trinajstić information content (AvgIpc) is 3.41. The molecule has 6 rings (SSSR count). The highest BCUT2D eigenvalue weighted by Gasteiger charge is 2.57. The summed E-state index contributed by atoms with van der Waals surface area (Å²) in [6, 6.07) is 0. The fourth-order valence-electron chi connectivity index (χ4n) is 11.7. The number of aliphatic hydroxyl groups is 17. The minimum atomic E-state index is -2.00. The molecule has 6 fully saturated rings. The SMILES string of the molecule is CC(C)[C@H]1OC(CO)[C@H](O[C@@H]2OC(COC[C@H](O)COCC3O[C@H](O[C@@H]4C(CO)O[C@@H](C(C)C)C(O)[C@H]4O)[C@H](O)C(O)[C@H]3O[C@@H]3OC(CO)[C@@H](C(C)C)[C@H](O)C3O)[C@@H](O[C@H]3OC(CO)[C@H](C(C)C)[C@@H](O)C3O)C(O)[C@@H]2O)[C@@H](O)C1O. The molecular weight excluding hydrogens is 1080 g/mol. The highest BCUT2D eigenvalue weighted by atomic mass is 16.8. The van der Waals surface area contributed by atoms with Crippen LogP contribution in [0.4, 0.5) is 0 Å². The van der Waals surface area contributed by atoms with Gasteiger partial charge in [0, 0.05) is 11.8 Å². The van der Waals surface area contributed by atoms with Crippen LogP contribution in [-0.2, 0) is 56.8 Å². The van der Waals surface area contributed by atoms with Crippen molar-refractivity contribution in [3.8, 4) is 0 Å². The maximum atomic E-state index is 11.6. The summed E-state index contributed by atoms with van der Waals surface area (Å²) in [5, 5.41) is 187. The van der Waals surface area contributed by atoms with E-state index in [1.54, 1.807) is 55.4 Å². The van der Waals surface area contributed by atoms with Crippen molar-refractivity contribution in [3.05, 3.63) is 0 Å². The maximum absolute atomic E-state index is 11.6. The molecule has 80 heavy (non-hydrogen) atoms. The van der Waals surface area contributed by atoms with Gasteiger partial charge in [0.2, 0.25) is 0 Å². The summed E-state index contributed by atoms with van der Waals surface area (Å²) in [6.07, 6.45) is -45.4. The maximum Gasteiger partial charge on any atom is 0.187 e. The first-order valence-corrected chi connectivity index (χ1v) is 27.7. The van der Waals surface area contributed by atoms with Crippen LogP contribution in [0, 0.1) is 35.5 Å². The summed E-state index contributed by atoms with van der Waals surface area (Å²) in [5.41, 5.74) is 0. The van der Waals surface area contributed by atoms with E-state index >= 15 is 0 Å². The molecule has 6 aliphatic rings. The standard InChI is InChI=1S/C51H92O29/c1-17(2)28-22(9-52)73-48(38(65)30(28)57)79-46-26(75-50(40(67)36(46)63)77-44-24(11-54)71-42(19(5)6)32(59)34(44)61)15-69-13-21(56)14-70-16-27-47(80-49-39(66)31(58)29(18(3)4)23(10-53)74-49)37(64)41(68)51(76-27)78-45-25(12-55)72-43(20(7)8)33(60)35(45)62/h17-68H,9-16H2,1-8H3/t21-,22?,23?,24?,25?,26?,27?,28-,29+,30+,31-,32?,33?,34-,35+,36?,37?,38?,39?,40-,41+,42+,43-,44-,45+,46+,47-,48+,49-,50-,51+. The Balaban J connectivity index is 1.17. The molecule has 6 aliphatic heterocycles. The molecule has 6 saturated heterocycles. The lowest BCUT2D eigenvalue weighted by Crippen LogP contribution is -2.66. The van der Waals surface area contributed by atoms with E-state index in [0.29, 0.717) is 0 Å². The van der Waals surface area contributed by atoms with Gasteiger partial charge in [0.05, 0.1) is 89.5 Å². The van der Waals surface area contributed by atoms with Crippen LogP contribution < -0.4 is 0 Å². The van der Waals surface area contributed by atoms with Gasteiger partial charge < -0.3 is 144 Å². The van der Waals surface area contributed by atoms with Crippen molar-refractivity contribution in [3.63, 3.8) is 0 Å². The van der Waals surface area contributed by atoms with E-state index in [0.717, 1.165) is 0 Å². The molecule has 0 aromatic heterocycles. The van der Waals surface area contributed by atoms with Crippen molar-refractivity contribution >= 4 is 0 Å². The van der Waals surface area contributed by atoms with E-state index in [-0.39, 0.29) is 23.7 Å². The van der Waals surface area contributed by atoms with Crippen molar-refractivity contribution in [1.29, 1.82) is 0 Å². The summed E-state index contributed by atoms with van der Waals surface area (Å²) in [7, 11) is 0. The van der Waals surface area contributed by atoms with Crippen LogP contribution in [0.3, 0.4) is 0 Å². The van der Waals surface area contributed by atoms with E-state index in [9.17, 15) is 86.8 Å². The van der Waals surface area contributed by atoms with Gasteiger partial charge in [-0.15, -0.1) is 0 Å². The van der Waals surface area contributed by atoms with Gasteiger partial charge >= 0.3 is 0 Å². The van der Waals surface area contributed by atoms with Crippen molar-refractivity contribution in [2.75, 3.05) is 52.9 Å². The van der Waals surface area contributed by atoms with Crippen LogP contribution in [0.5, 0.6) is 0 Å². The second kappa shape index (κ2) is 30.0. The summed E-state index contributed by atoms with van der Waals surface area (Å²) in [6.45, 7) is 8.90. The zero-order valence-corrected chi connectivity index (χ0v) is 46.4. The molecule has 6 heterocycles. The van der Waals surface area contributed by atoms with Gasteiger partial charge in [-0.1, -0.05) is 55.4 Å². The Morgan fingerprint density at radius 3 is 0.850 bits per heavy atom. The molecule has 29 heteroatoms. The lowest BCUT2D eigenvalue weighted by atomic mass is 9.81. The molecule has 0 amide bonds. The van der Waals surface area contributed by atoms with Gasteiger partial charge in [-0.2, -0.15) is 0 Å². The van der Waals surface area contributed by atoms with Gasteiger partial charge in [-0.05, 0) is 23.7 Å². The lowest BCUT2D eigenvalue weighted by molar-refractivity contribution is -0.374. The third-order valence-electron chi connectivity index (χ3n) is 16.2. The molecule has 0 spiro atoms. The summed E-state index contributed by atoms with van der Waals surface area (Å²) in [4.78, 5) is 0. The van der Waals surface area contributed by atoms with Crippen LogP contribution in [0.25, 0.3) is 0 Å². The minimum Gasteiger partial charge on any atom is -0.394 e. The predicted molar refractivity (Wildman–Crippen MR) is 266 cm³/mol. The molecule has 0 aliphatic carbocycles. The third kappa shape index (κ3) is 15.1. The summed E-state index contributed by atoms with van der Waals surface area (Å²) in [5.74, 6) is -2.69. The number of hydrogen-bond acceptors (Lipinski definition) is 29. The largest absolute Gasteiger partial charge is 0.394 e.